The van der Waals surface area contributed by atoms with Crippen LogP contribution in [0.4, 0.5) is 10.5 Å². The summed E-state index contributed by atoms with van der Waals surface area (Å²) in [5.74, 6) is 0.577. The molecule has 23 heavy (non-hydrogen) atoms. The molecular formula is C18H27N3O2. The van der Waals surface area contributed by atoms with Crippen molar-refractivity contribution >= 4 is 11.8 Å². The number of carbonyl (C=O) groups excluding carboxylic acids is 1. The lowest BCUT2D eigenvalue weighted by Crippen LogP contribution is -2.33. The zero-order valence-corrected chi connectivity index (χ0v) is 14.3. The van der Waals surface area contributed by atoms with E-state index < -0.39 is 5.60 Å². The van der Waals surface area contributed by atoms with Crippen molar-refractivity contribution in [3.05, 3.63) is 36.7 Å². The first kappa shape index (κ1) is 17.3. The van der Waals surface area contributed by atoms with Crippen LogP contribution in [0.5, 0.6) is 0 Å². The number of pyridine rings is 1. The first-order chi connectivity index (χ1) is 10.9. The zero-order chi connectivity index (χ0) is 16.7. The average molecular weight is 317 g/mol. The fourth-order valence-electron chi connectivity index (χ4n) is 2.62. The van der Waals surface area contributed by atoms with Gasteiger partial charge in [-0.2, -0.15) is 0 Å². The lowest BCUT2D eigenvalue weighted by molar-refractivity contribution is 0.0534. The molecule has 126 valence electrons. The third-order valence-electron chi connectivity index (χ3n) is 3.74. The maximum Gasteiger partial charge on any atom is 0.407 e. The summed E-state index contributed by atoms with van der Waals surface area (Å²) in [5.41, 5.74) is 0.794. The second kappa shape index (κ2) is 7.99. The molecule has 2 rings (SSSR count). The highest BCUT2D eigenvalue weighted by atomic mass is 16.6. The molecule has 0 aliphatic carbocycles. The molecule has 1 fully saturated rings. The molecule has 1 amide bonds. The number of hydrogen-bond donors (Lipinski definition) is 1. The molecule has 5 heteroatoms. The summed E-state index contributed by atoms with van der Waals surface area (Å²) in [6.07, 6.45) is 9.80. The first-order valence-corrected chi connectivity index (χ1v) is 8.22. The van der Waals surface area contributed by atoms with E-state index in [4.69, 9.17) is 4.74 Å². The number of hydrogen-bond acceptors (Lipinski definition) is 4. The summed E-state index contributed by atoms with van der Waals surface area (Å²) in [6, 6.07) is 4.11. The highest BCUT2D eigenvalue weighted by Crippen LogP contribution is 2.23. The molecule has 5 nitrogen and oxygen atoms in total. The Morgan fingerprint density at radius 3 is 2.61 bits per heavy atom. The van der Waals surface area contributed by atoms with Gasteiger partial charge in [-0.3, -0.25) is 4.98 Å². The Kier molecular flexibility index (Phi) is 6.02. The zero-order valence-electron chi connectivity index (χ0n) is 14.3. The van der Waals surface area contributed by atoms with Crippen LogP contribution in [0.25, 0.3) is 0 Å². The molecule has 0 radical (unpaired) electrons. The molecule has 1 N–H and O–H groups in total. The van der Waals surface area contributed by atoms with Crippen molar-refractivity contribution in [3.63, 3.8) is 0 Å². The maximum atomic E-state index is 11.5. The van der Waals surface area contributed by atoms with Crippen LogP contribution in [0.3, 0.4) is 0 Å². The number of allylic oxidation sites excluding steroid dienone is 1. The van der Waals surface area contributed by atoms with Crippen LogP contribution < -0.4 is 10.2 Å². The normalized spacial score (nSPS) is 16.6. The van der Waals surface area contributed by atoms with Crippen LogP contribution in [0.15, 0.2) is 36.7 Å². The summed E-state index contributed by atoms with van der Waals surface area (Å²) < 4.78 is 5.20. The second-order valence-corrected chi connectivity index (χ2v) is 6.84. The van der Waals surface area contributed by atoms with Crippen LogP contribution in [0.2, 0.25) is 0 Å². The van der Waals surface area contributed by atoms with E-state index in [0.717, 1.165) is 25.9 Å². The number of nitrogens with one attached hydrogen (secondary N) is 1. The molecular weight excluding hydrogens is 290 g/mol. The largest absolute Gasteiger partial charge is 0.444 e. The second-order valence-electron chi connectivity index (χ2n) is 6.84. The van der Waals surface area contributed by atoms with E-state index in [1.54, 1.807) is 0 Å². The van der Waals surface area contributed by atoms with Crippen molar-refractivity contribution < 1.29 is 9.53 Å². The van der Waals surface area contributed by atoms with Gasteiger partial charge < -0.3 is 15.0 Å². The number of anilines is 1. The van der Waals surface area contributed by atoms with Gasteiger partial charge in [-0.1, -0.05) is 12.2 Å². The van der Waals surface area contributed by atoms with Gasteiger partial charge in [0.2, 0.25) is 0 Å². The van der Waals surface area contributed by atoms with Gasteiger partial charge >= 0.3 is 6.09 Å². The van der Waals surface area contributed by atoms with Gasteiger partial charge in [0.25, 0.3) is 0 Å². The minimum Gasteiger partial charge on any atom is -0.444 e. The highest BCUT2D eigenvalue weighted by molar-refractivity contribution is 5.67. The molecule has 1 aliphatic heterocycles. The van der Waals surface area contributed by atoms with E-state index in [9.17, 15) is 4.79 Å². The summed E-state index contributed by atoms with van der Waals surface area (Å²) in [6.45, 7) is 8.20. The fourth-order valence-corrected chi connectivity index (χ4v) is 2.62. The van der Waals surface area contributed by atoms with Gasteiger partial charge in [-0.15, -0.1) is 0 Å². The molecule has 1 aromatic heterocycles. The van der Waals surface area contributed by atoms with Crippen LogP contribution in [0, 0.1) is 5.92 Å². The third-order valence-corrected chi connectivity index (χ3v) is 3.74. The van der Waals surface area contributed by atoms with E-state index in [1.807, 2.05) is 39.2 Å². The summed E-state index contributed by atoms with van der Waals surface area (Å²) in [7, 11) is 0. The van der Waals surface area contributed by atoms with Crippen LogP contribution in [0.1, 0.15) is 33.6 Å². The predicted octanol–water partition coefficient (Wildman–Crippen LogP) is 3.38. The number of nitrogens with zero attached hydrogens (tertiary/aromatic N) is 2. The number of carbonyl (C=O) groups is 1. The third kappa shape index (κ3) is 6.30. The highest BCUT2D eigenvalue weighted by Gasteiger charge is 2.17. The Balaban J connectivity index is 1.67. The number of piperidine rings is 1. The Morgan fingerprint density at radius 1 is 1.35 bits per heavy atom. The van der Waals surface area contributed by atoms with Crippen LogP contribution in [-0.4, -0.2) is 36.3 Å². The maximum absolute atomic E-state index is 11.5. The van der Waals surface area contributed by atoms with E-state index in [0.29, 0.717) is 12.5 Å². The van der Waals surface area contributed by atoms with Crippen molar-refractivity contribution in [2.75, 3.05) is 24.5 Å². The minimum absolute atomic E-state index is 0.366. The SMILES string of the molecule is CC(C)(C)OC(=O)NCC=CC1CCN(c2ccncc2)CC1. The van der Waals surface area contributed by atoms with Gasteiger partial charge in [0.1, 0.15) is 5.60 Å². The lowest BCUT2D eigenvalue weighted by Gasteiger charge is -2.32. The Bertz CT molecular complexity index is 515. The van der Waals surface area contributed by atoms with Gasteiger partial charge in [0.05, 0.1) is 0 Å². The molecule has 2 heterocycles. The molecule has 0 saturated carbocycles. The van der Waals surface area contributed by atoms with Crippen LogP contribution >= 0.6 is 0 Å². The molecule has 1 saturated heterocycles. The molecule has 0 unspecified atom stereocenters. The first-order valence-electron chi connectivity index (χ1n) is 8.22. The topological polar surface area (TPSA) is 54.5 Å². The Morgan fingerprint density at radius 2 is 2.00 bits per heavy atom. The van der Waals surface area contributed by atoms with Gasteiger partial charge in [0, 0.05) is 37.7 Å². The number of rotatable bonds is 4. The van der Waals surface area contributed by atoms with Crippen molar-refractivity contribution in [1.29, 1.82) is 0 Å². The van der Waals surface area contributed by atoms with E-state index in [-0.39, 0.29) is 6.09 Å². The molecule has 0 bridgehead atoms. The standard InChI is InChI=1S/C18H27N3O2/c1-18(2,3)23-17(22)20-10-4-5-15-8-13-21(14-9-15)16-6-11-19-12-7-16/h4-7,11-12,15H,8-10,13-14H2,1-3H3,(H,20,22). The smallest absolute Gasteiger partial charge is 0.407 e. The molecule has 0 atom stereocenters. The molecule has 1 aliphatic rings. The minimum atomic E-state index is -0.451. The Labute approximate surface area is 138 Å². The average Bonchev–Trinajstić information content (AvgIpc) is 2.51. The lowest BCUT2D eigenvalue weighted by atomic mass is 9.96. The molecule has 0 spiro atoms. The van der Waals surface area contributed by atoms with E-state index in [2.05, 4.69) is 33.4 Å². The summed E-state index contributed by atoms with van der Waals surface area (Å²) in [4.78, 5) is 18.0. The monoisotopic (exact) mass is 317 g/mol. The van der Waals surface area contributed by atoms with E-state index in [1.165, 1.54) is 5.69 Å². The van der Waals surface area contributed by atoms with Crippen molar-refractivity contribution in [2.24, 2.45) is 5.92 Å². The summed E-state index contributed by atoms with van der Waals surface area (Å²) in [5, 5.41) is 2.75. The number of ether oxygens (including phenoxy) is 1. The quantitative estimate of drug-likeness (QED) is 0.865. The van der Waals surface area contributed by atoms with Crippen LogP contribution in [-0.2, 0) is 4.74 Å². The van der Waals surface area contributed by atoms with Gasteiger partial charge in [0.15, 0.2) is 0 Å². The van der Waals surface area contributed by atoms with E-state index >= 15 is 0 Å². The predicted molar refractivity (Wildman–Crippen MR) is 92.6 cm³/mol. The van der Waals surface area contributed by atoms with Crippen molar-refractivity contribution in [3.8, 4) is 0 Å². The van der Waals surface area contributed by atoms with Gasteiger partial charge in [-0.25, -0.2) is 4.79 Å². The number of amides is 1. The molecule has 1 aromatic rings. The van der Waals surface area contributed by atoms with Gasteiger partial charge in [-0.05, 0) is 51.7 Å². The van der Waals surface area contributed by atoms with Crippen molar-refractivity contribution in [1.82, 2.24) is 10.3 Å². The number of alkyl carbamates (subject to hydrolysis) is 1. The number of aromatic nitrogens is 1. The molecule has 0 aromatic carbocycles. The Hall–Kier alpha value is -2.04. The van der Waals surface area contributed by atoms with Crippen molar-refractivity contribution in [2.45, 2.75) is 39.2 Å². The summed E-state index contributed by atoms with van der Waals surface area (Å²) >= 11 is 0. The fraction of sp³-hybridized carbons (Fsp3) is 0.556.